The Labute approximate surface area is 79.2 Å². The fourth-order valence-corrected chi connectivity index (χ4v) is 1.30. The van der Waals surface area contributed by atoms with Gasteiger partial charge in [0, 0.05) is 5.88 Å². The van der Waals surface area contributed by atoms with E-state index in [4.69, 9.17) is 16.3 Å². The van der Waals surface area contributed by atoms with E-state index in [1.807, 2.05) is 27.7 Å². The van der Waals surface area contributed by atoms with Gasteiger partial charge in [0.15, 0.2) is 0 Å². The van der Waals surface area contributed by atoms with E-state index in [-0.39, 0.29) is 17.3 Å². The van der Waals surface area contributed by atoms with Crippen LogP contribution in [0.25, 0.3) is 0 Å². The molecule has 0 aromatic carbocycles. The van der Waals surface area contributed by atoms with Crippen molar-refractivity contribution in [1.82, 2.24) is 0 Å². The van der Waals surface area contributed by atoms with Crippen LogP contribution in [0.4, 0.5) is 0 Å². The van der Waals surface area contributed by atoms with E-state index in [9.17, 15) is 4.79 Å². The molecule has 0 amide bonds. The van der Waals surface area contributed by atoms with Crippen LogP contribution in [-0.2, 0) is 9.53 Å². The van der Waals surface area contributed by atoms with Gasteiger partial charge in [-0.15, -0.1) is 11.6 Å². The zero-order valence-electron chi connectivity index (χ0n) is 8.40. The normalized spacial score (nSPS) is 16.8. The molecule has 0 aliphatic carbocycles. The first-order valence-electron chi connectivity index (χ1n) is 3.94. The molecule has 0 aliphatic heterocycles. The van der Waals surface area contributed by atoms with Crippen molar-refractivity contribution < 1.29 is 9.53 Å². The molecule has 0 bridgehead atoms. The summed E-state index contributed by atoms with van der Waals surface area (Å²) in [7, 11) is 1.39. The number of carbonyl (C=O) groups is 1. The van der Waals surface area contributed by atoms with Gasteiger partial charge in [-0.1, -0.05) is 20.8 Å². The van der Waals surface area contributed by atoms with Gasteiger partial charge in [-0.05, 0) is 12.3 Å². The lowest BCUT2D eigenvalue weighted by Crippen LogP contribution is -2.42. The highest BCUT2D eigenvalue weighted by molar-refractivity contribution is 6.19. The molecule has 0 aromatic heterocycles. The lowest BCUT2D eigenvalue weighted by atomic mass is 9.69. The Balaban J connectivity index is 4.80. The molecule has 12 heavy (non-hydrogen) atoms. The zero-order chi connectivity index (χ0) is 9.99. The molecule has 0 saturated carbocycles. The molecule has 1 unspecified atom stereocenters. The highest BCUT2D eigenvalue weighted by Gasteiger charge is 2.44. The molecule has 0 heterocycles. The number of alkyl halides is 1. The van der Waals surface area contributed by atoms with E-state index in [1.54, 1.807) is 0 Å². The van der Waals surface area contributed by atoms with Gasteiger partial charge in [-0.2, -0.15) is 0 Å². The van der Waals surface area contributed by atoms with Crippen LogP contribution in [0, 0.1) is 10.8 Å². The van der Waals surface area contributed by atoms with Crippen molar-refractivity contribution in [2.45, 2.75) is 27.7 Å². The van der Waals surface area contributed by atoms with Gasteiger partial charge in [-0.25, -0.2) is 0 Å². The first-order chi connectivity index (χ1) is 5.29. The maximum atomic E-state index is 11.4. The molecule has 3 heteroatoms. The van der Waals surface area contributed by atoms with Crippen LogP contribution >= 0.6 is 11.6 Å². The zero-order valence-corrected chi connectivity index (χ0v) is 9.16. The van der Waals surface area contributed by atoms with Gasteiger partial charge < -0.3 is 4.74 Å². The van der Waals surface area contributed by atoms with Crippen LogP contribution in [-0.4, -0.2) is 19.0 Å². The predicted octanol–water partition coefficient (Wildman–Crippen LogP) is 2.45. The summed E-state index contributed by atoms with van der Waals surface area (Å²) < 4.78 is 4.71. The van der Waals surface area contributed by atoms with Crippen LogP contribution in [0.1, 0.15) is 27.7 Å². The van der Waals surface area contributed by atoms with Crippen molar-refractivity contribution in [2.75, 3.05) is 13.0 Å². The minimum atomic E-state index is -0.608. The third-order valence-electron chi connectivity index (χ3n) is 2.56. The predicted molar refractivity (Wildman–Crippen MR) is 50.3 cm³/mol. The number of ether oxygens (including phenoxy) is 1. The number of carbonyl (C=O) groups excluding carboxylic acids is 1. The number of hydrogen-bond acceptors (Lipinski definition) is 2. The lowest BCUT2D eigenvalue weighted by Gasteiger charge is -2.37. The number of halogens is 1. The van der Waals surface area contributed by atoms with Gasteiger partial charge in [-0.3, -0.25) is 4.79 Å². The van der Waals surface area contributed by atoms with Crippen LogP contribution in [0.5, 0.6) is 0 Å². The molecule has 2 nitrogen and oxygen atoms in total. The standard InChI is InChI=1S/C9H17ClO2/c1-8(2,3)9(4,6-10)7(11)12-5/h6H2,1-5H3. The molecule has 0 aromatic rings. The Morgan fingerprint density at radius 2 is 1.75 bits per heavy atom. The van der Waals surface area contributed by atoms with Gasteiger partial charge in [0.2, 0.25) is 0 Å². The Bertz CT molecular complexity index is 172. The third-order valence-corrected chi connectivity index (χ3v) is 3.09. The summed E-state index contributed by atoms with van der Waals surface area (Å²) in [5, 5.41) is 0. The Kier molecular flexibility index (Phi) is 3.58. The summed E-state index contributed by atoms with van der Waals surface area (Å²) in [6.45, 7) is 7.76. The minimum Gasteiger partial charge on any atom is -0.469 e. The van der Waals surface area contributed by atoms with Crippen molar-refractivity contribution in [1.29, 1.82) is 0 Å². The van der Waals surface area contributed by atoms with Crippen LogP contribution in [0.3, 0.4) is 0 Å². The van der Waals surface area contributed by atoms with E-state index in [0.717, 1.165) is 0 Å². The molecule has 72 valence electrons. The largest absolute Gasteiger partial charge is 0.469 e. The first kappa shape index (κ1) is 11.8. The molecule has 0 rings (SSSR count). The number of hydrogen-bond donors (Lipinski definition) is 0. The smallest absolute Gasteiger partial charge is 0.313 e. The quantitative estimate of drug-likeness (QED) is 0.496. The van der Waals surface area contributed by atoms with Crippen LogP contribution in [0.15, 0.2) is 0 Å². The SMILES string of the molecule is COC(=O)C(C)(CCl)C(C)(C)C. The fourth-order valence-electron chi connectivity index (χ4n) is 0.786. The molecular weight excluding hydrogens is 176 g/mol. The highest BCUT2D eigenvalue weighted by atomic mass is 35.5. The van der Waals surface area contributed by atoms with Gasteiger partial charge in [0.05, 0.1) is 12.5 Å². The van der Waals surface area contributed by atoms with Gasteiger partial charge in [0.25, 0.3) is 0 Å². The molecule has 1 atom stereocenters. The average molecular weight is 193 g/mol. The molecule has 0 radical (unpaired) electrons. The van der Waals surface area contributed by atoms with E-state index in [1.165, 1.54) is 7.11 Å². The summed E-state index contributed by atoms with van der Waals surface area (Å²) in [5.41, 5.74) is -0.787. The Hall–Kier alpha value is -0.240. The second-order valence-corrected chi connectivity index (χ2v) is 4.47. The Morgan fingerprint density at radius 3 is 1.83 bits per heavy atom. The van der Waals surface area contributed by atoms with Crippen molar-refractivity contribution in [3.8, 4) is 0 Å². The van der Waals surface area contributed by atoms with Crippen molar-refractivity contribution >= 4 is 17.6 Å². The second-order valence-electron chi connectivity index (χ2n) is 4.21. The van der Waals surface area contributed by atoms with E-state index in [2.05, 4.69) is 0 Å². The summed E-state index contributed by atoms with van der Waals surface area (Å²) in [6, 6.07) is 0. The van der Waals surface area contributed by atoms with Crippen molar-refractivity contribution in [3.05, 3.63) is 0 Å². The monoisotopic (exact) mass is 192 g/mol. The van der Waals surface area contributed by atoms with Crippen molar-refractivity contribution in [3.63, 3.8) is 0 Å². The molecular formula is C9H17ClO2. The highest BCUT2D eigenvalue weighted by Crippen LogP contribution is 2.40. The molecule has 0 aliphatic rings. The molecule has 0 fully saturated rings. The molecule has 0 N–H and O–H groups in total. The van der Waals surface area contributed by atoms with E-state index in [0.29, 0.717) is 0 Å². The summed E-state index contributed by atoms with van der Waals surface area (Å²) in [6.07, 6.45) is 0. The van der Waals surface area contributed by atoms with Gasteiger partial charge >= 0.3 is 5.97 Å². The maximum absolute atomic E-state index is 11.4. The van der Waals surface area contributed by atoms with Gasteiger partial charge in [0.1, 0.15) is 0 Å². The average Bonchev–Trinajstić information content (AvgIpc) is 1.99. The van der Waals surface area contributed by atoms with Crippen LogP contribution < -0.4 is 0 Å². The second kappa shape index (κ2) is 3.65. The number of rotatable bonds is 2. The fraction of sp³-hybridized carbons (Fsp3) is 0.889. The maximum Gasteiger partial charge on any atom is 0.313 e. The summed E-state index contributed by atoms with van der Waals surface area (Å²) in [5.74, 6) is 0.0356. The molecule has 0 spiro atoms. The summed E-state index contributed by atoms with van der Waals surface area (Å²) >= 11 is 5.77. The third kappa shape index (κ3) is 1.92. The van der Waals surface area contributed by atoms with E-state index < -0.39 is 5.41 Å². The van der Waals surface area contributed by atoms with Crippen LogP contribution in [0.2, 0.25) is 0 Å². The van der Waals surface area contributed by atoms with Crippen molar-refractivity contribution in [2.24, 2.45) is 10.8 Å². The molecule has 0 saturated heterocycles. The van der Waals surface area contributed by atoms with E-state index >= 15 is 0 Å². The number of esters is 1. The minimum absolute atomic E-state index is 0.179. The topological polar surface area (TPSA) is 26.3 Å². The number of methoxy groups -OCH3 is 1. The first-order valence-corrected chi connectivity index (χ1v) is 4.47. The lowest BCUT2D eigenvalue weighted by molar-refractivity contribution is -0.156. The summed E-state index contributed by atoms with van der Waals surface area (Å²) in [4.78, 5) is 11.4. The Morgan fingerprint density at radius 1 is 1.33 bits per heavy atom.